The molecule has 1 rings (SSSR count). The molecule has 1 aromatic rings. The molecule has 4 nitrogen and oxygen atoms in total. The Morgan fingerprint density at radius 2 is 1.74 bits per heavy atom. The summed E-state index contributed by atoms with van der Waals surface area (Å²) in [4.78, 5) is 23.5. The number of ketones is 1. The Morgan fingerprint density at radius 3 is 2.21 bits per heavy atom. The Hall–Kier alpha value is -1.68. The molecule has 0 aliphatic rings. The van der Waals surface area contributed by atoms with Crippen molar-refractivity contribution in [2.24, 2.45) is 5.41 Å². The van der Waals surface area contributed by atoms with Crippen molar-refractivity contribution in [3.63, 3.8) is 0 Å². The molecule has 0 aromatic heterocycles. The van der Waals surface area contributed by atoms with Gasteiger partial charge in [0.15, 0.2) is 0 Å². The standard InChI is InChI=1S/C15H21NO3/c1-10-5-7-11(8-6-10)13(18)14(19)16-9-12(17)15(2,3)4/h5-8,12,17H,9H2,1-4H3,(H,16,19). The van der Waals surface area contributed by atoms with Crippen LogP contribution in [0.2, 0.25) is 0 Å². The van der Waals surface area contributed by atoms with E-state index in [2.05, 4.69) is 5.32 Å². The molecule has 1 amide bonds. The highest BCUT2D eigenvalue weighted by Crippen LogP contribution is 2.18. The Morgan fingerprint density at radius 1 is 1.21 bits per heavy atom. The van der Waals surface area contributed by atoms with Crippen LogP contribution in [0.1, 0.15) is 36.7 Å². The second-order valence-electron chi connectivity index (χ2n) is 5.79. The van der Waals surface area contributed by atoms with Gasteiger partial charge in [0.25, 0.3) is 5.91 Å². The summed E-state index contributed by atoms with van der Waals surface area (Å²) in [5.41, 5.74) is 1.05. The normalized spacial score (nSPS) is 12.9. The fourth-order valence-electron chi connectivity index (χ4n) is 1.41. The zero-order chi connectivity index (χ0) is 14.6. The summed E-state index contributed by atoms with van der Waals surface area (Å²) in [6, 6.07) is 6.81. The maximum atomic E-state index is 11.8. The van der Waals surface area contributed by atoms with E-state index in [1.165, 1.54) is 0 Å². The third-order valence-corrected chi connectivity index (χ3v) is 2.98. The molecule has 0 aliphatic heterocycles. The zero-order valence-electron chi connectivity index (χ0n) is 11.9. The largest absolute Gasteiger partial charge is 0.391 e. The summed E-state index contributed by atoms with van der Waals surface area (Å²) < 4.78 is 0. The van der Waals surface area contributed by atoms with Crippen molar-refractivity contribution in [3.8, 4) is 0 Å². The first-order valence-corrected chi connectivity index (χ1v) is 6.29. The minimum atomic E-state index is -0.692. The summed E-state index contributed by atoms with van der Waals surface area (Å²) in [6.45, 7) is 7.58. The average molecular weight is 263 g/mol. The number of hydrogen-bond acceptors (Lipinski definition) is 3. The molecule has 19 heavy (non-hydrogen) atoms. The number of benzene rings is 1. The van der Waals surface area contributed by atoms with E-state index in [1.807, 2.05) is 27.7 Å². The van der Waals surface area contributed by atoms with Crippen LogP contribution < -0.4 is 5.32 Å². The molecule has 0 spiro atoms. The number of rotatable bonds is 4. The van der Waals surface area contributed by atoms with Gasteiger partial charge in [-0.25, -0.2) is 0 Å². The predicted octanol–water partition coefficient (Wildman–Crippen LogP) is 1.70. The van der Waals surface area contributed by atoms with Crippen molar-refractivity contribution in [2.75, 3.05) is 6.54 Å². The lowest BCUT2D eigenvalue weighted by Gasteiger charge is -2.25. The highest BCUT2D eigenvalue weighted by molar-refractivity contribution is 6.42. The Balaban J connectivity index is 2.59. The second-order valence-corrected chi connectivity index (χ2v) is 5.79. The number of carbonyl (C=O) groups excluding carboxylic acids is 2. The second kappa shape index (κ2) is 5.97. The SMILES string of the molecule is Cc1ccc(C(=O)C(=O)NCC(O)C(C)(C)C)cc1. The molecule has 0 saturated carbocycles. The van der Waals surface area contributed by atoms with Crippen molar-refractivity contribution >= 4 is 11.7 Å². The van der Waals surface area contributed by atoms with Crippen molar-refractivity contribution in [1.29, 1.82) is 0 Å². The minimum absolute atomic E-state index is 0.0694. The lowest BCUT2D eigenvalue weighted by atomic mass is 9.89. The number of nitrogens with one attached hydrogen (secondary N) is 1. The highest BCUT2D eigenvalue weighted by Gasteiger charge is 2.24. The van der Waals surface area contributed by atoms with Gasteiger partial charge in [0.05, 0.1) is 6.10 Å². The van der Waals surface area contributed by atoms with Crippen LogP contribution in [0.4, 0.5) is 0 Å². The van der Waals surface area contributed by atoms with Crippen molar-refractivity contribution in [3.05, 3.63) is 35.4 Å². The first-order chi connectivity index (χ1) is 8.71. The quantitative estimate of drug-likeness (QED) is 0.642. The van der Waals surface area contributed by atoms with E-state index in [0.29, 0.717) is 5.56 Å². The van der Waals surface area contributed by atoms with Crippen LogP contribution in [0.25, 0.3) is 0 Å². The van der Waals surface area contributed by atoms with Crippen LogP contribution in [-0.2, 0) is 4.79 Å². The van der Waals surface area contributed by atoms with E-state index in [1.54, 1.807) is 24.3 Å². The highest BCUT2D eigenvalue weighted by atomic mass is 16.3. The number of Topliss-reactive ketones (excluding diaryl/α,β-unsaturated/α-hetero) is 1. The van der Waals surface area contributed by atoms with Gasteiger partial charge in [0.2, 0.25) is 5.78 Å². The Bertz CT molecular complexity index is 457. The molecular weight excluding hydrogens is 242 g/mol. The van der Waals surface area contributed by atoms with Crippen LogP contribution in [0, 0.1) is 12.3 Å². The molecule has 1 unspecified atom stereocenters. The van der Waals surface area contributed by atoms with E-state index in [4.69, 9.17) is 0 Å². The molecular formula is C15H21NO3. The van der Waals surface area contributed by atoms with Gasteiger partial charge in [0, 0.05) is 12.1 Å². The molecule has 1 aromatic carbocycles. The van der Waals surface area contributed by atoms with Gasteiger partial charge in [-0.3, -0.25) is 9.59 Å². The third kappa shape index (κ3) is 4.48. The van der Waals surface area contributed by atoms with E-state index in [-0.39, 0.29) is 12.0 Å². The van der Waals surface area contributed by atoms with Crippen LogP contribution in [-0.4, -0.2) is 29.4 Å². The van der Waals surface area contributed by atoms with Gasteiger partial charge in [0.1, 0.15) is 0 Å². The zero-order valence-corrected chi connectivity index (χ0v) is 11.9. The van der Waals surface area contributed by atoms with Crippen molar-refractivity contribution in [2.45, 2.75) is 33.8 Å². The summed E-state index contributed by atoms with van der Waals surface area (Å²) in [7, 11) is 0. The van der Waals surface area contributed by atoms with E-state index in [9.17, 15) is 14.7 Å². The fraction of sp³-hybridized carbons (Fsp3) is 0.467. The van der Waals surface area contributed by atoms with E-state index in [0.717, 1.165) is 5.56 Å². The monoisotopic (exact) mass is 263 g/mol. The molecule has 0 bridgehead atoms. The van der Waals surface area contributed by atoms with Gasteiger partial charge in [-0.2, -0.15) is 0 Å². The molecule has 104 valence electrons. The summed E-state index contributed by atoms with van der Waals surface area (Å²) in [6.07, 6.45) is -0.692. The van der Waals surface area contributed by atoms with E-state index < -0.39 is 17.8 Å². The van der Waals surface area contributed by atoms with Gasteiger partial charge in [-0.1, -0.05) is 50.6 Å². The Labute approximate surface area is 113 Å². The maximum Gasteiger partial charge on any atom is 0.292 e. The molecule has 0 fully saturated rings. The van der Waals surface area contributed by atoms with Crippen LogP contribution in [0.3, 0.4) is 0 Å². The minimum Gasteiger partial charge on any atom is -0.391 e. The molecule has 2 N–H and O–H groups in total. The summed E-state index contributed by atoms with van der Waals surface area (Å²) in [5, 5.41) is 12.3. The first kappa shape index (κ1) is 15.4. The number of hydrogen-bond donors (Lipinski definition) is 2. The van der Waals surface area contributed by atoms with Gasteiger partial charge >= 0.3 is 0 Å². The average Bonchev–Trinajstić information content (AvgIpc) is 2.34. The maximum absolute atomic E-state index is 11.8. The lowest BCUT2D eigenvalue weighted by Crippen LogP contribution is -2.41. The summed E-state index contributed by atoms with van der Waals surface area (Å²) >= 11 is 0. The van der Waals surface area contributed by atoms with Gasteiger partial charge in [-0.05, 0) is 12.3 Å². The number of aryl methyl sites for hydroxylation is 1. The smallest absolute Gasteiger partial charge is 0.292 e. The molecule has 4 heteroatoms. The number of aliphatic hydroxyl groups excluding tert-OH is 1. The van der Waals surface area contributed by atoms with Crippen molar-refractivity contribution in [1.82, 2.24) is 5.32 Å². The predicted molar refractivity (Wildman–Crippen MR) is 74.0 cm³/mol. The lowest BCUT2D eigenvalue weighted by molar-refractivity contribution is -0.117. The molecule has 0 radical (unpaired) electrons. The van der Waals surface area contributed by atoms with Crippen molar-refractivity contribution < 1.29 is 14.7 Å². The van der Waals surface area contributed by atoms with E-state index >= 15 is 0 Å². The first-order valence-electron chi connectivity index (χ1n) is 6.29. The van der Waals surface area contributed by atoms with Gasteiger partial charge < -0.3 is 10.4 Å². The van der Waals surface area contributed by atoms with Crippen LogP contribution >= 0.6 is 0 Å². The van der Waals surface area contributed by atoms with Gasteiger partial charge in [-0.15, -0.1) is 0 Å². The number of carbonyl (C=O) groups is 2. The molecule has 0 saturated heterocycles. The molecule has 1 atom stereocenters. The fourth-order valence-corrected chi connectivity index (χ4v) is 1.41. The number of aliphatic hydroxyl groups is 1. The topological polar surface area (TPSA) is 66.4 Å². The Kier molecular flexibility index (Phi) is 4.84. The molecule has 0 heterocycles. The van der Waals surface area contributed by atoms with Crippen LogP contribution in [0.5, 0.6) is 0 Å². The summed E-state index contributed by atoms with van der Waals surface area (Å²) in [5.74, 6) is -1.27. The third-order valence-electron chi connectivity index (χ3n) is 2.98. The molecule has 0 aliphatic carbocycles. The number of amides is 1. The van der Waals surface area contributed by atoms with Crippen LogP contribution in [0.15, 0.2) is 24.3 Å².